The molecule has 2 atom stereocenters. The van der Waals surface area contributed by atoms with Gasteiger partial charge in [0.05, 0.1) is 11.0 Å². The Kier molecular flexibility index (Phi) is 11.0. The van der Waals surface area contributed by atoms with Crippen LogP contribution >= 0.6 is 12.4 Å². The molecule has 0 aliphatic heterocycles. The molecule has 0 aliphatic rings. The van der Waals surface area contributed by atoms with Crippen LogP contribution in [0, 0.1) is 5.92 Å². The molecule has 0 radical (unpaired) electrons. The largest absolute Gasteiger partial charge is 0.368 e. The van der Waals surface area contributed by atoms with E-state index in [2.05, 4.69) is 0 Å². The van der Waals surface area contributed by atoms with Crippen molar-refractivity contribution < 1.29 is 18.0 Å². The minimum atomic E-state index is -3.68. The minimum Gasteiger partial charge on any atom is -0.368 e. The molecule has 0 aliphatic carbocycles. The average molecular weight is 371 g/mol. The second-order valence-electron chi connectivity index (χ2n) is 6.02. The molecule has 23 heavy (non-hydrogen) atoms. The predicted octanol–water partition coefficient (Wildman–Crippen LogP) is 1.59. The first kappa shape index (κ1) is 24.6. The van der Waals surface area contributed by atoms with Crippen molar-refractivity contribution in [3.05, 3.63) is 0 Å². The average Bonchev–Trinajstić information content (AvgIpc) is 2.44. The molecule has 0 saturated heterocycles. The fraction of sp³-hybridized carbons (Fsp3) is 0.867. The van der Waals surface area contributed by atoms with Crippen LogP contribution in [-0.2, 0) is 19.4 Å². The number of nitrogens with two attached hydrogens (primary N) is 2. The van der Waals surface area contributed by atoms with E-state index in [0.29, 0.717) is 32.1 Å². The van der Waals surface area contributed by atoms with Crippen LogP contribution in [0.15, 0.2) is 0 Å². The lowest BCUT2D eigenvalue weighted by atomic mass is 9.87. The molecule has 0 aromatic heterocycles. The summed E-state index contributed by atoms with van der Waals surface area (Å²) >= 11 is 0. The van der Waals surface area contributed by atoms with Gasteiger partial charge < -0.3 is 11.5 Å². The quantitative estimate of drug-likeness (QED) is 0.535. The number of hydrogen-bond acceptors (Lipinski definition) is 5. The number of primary amides is 1. The highest BCUT2D eigenvalue weighted by Crippen LogP contribution is 2.22. The minimum absolute atomic E-state index is 0. The molecule has 0 fully saturated rings. The molecular weight excluding hydrogens is 340 g/mol. The molecule has 8 heteroatoms. The van der Waals surface area contributed by atoms with Gasteiger partial charge in [-0.05, 0) is 19.3 Å². The van der Waals surface area contributed by atoms with Crippen LogP contribution in [-0.4, -0.2) is 36.6 Å². The third-order valence-electron chi connectivity index (χ3n) is 4.10. The number of hydrogen-bond donors (Lipinski definition) is 2. The number of sulfone groups is 1. The molecule has 0 aromatic rings. The number of ketones is 1. The summed E-state index contributed by atoms with van der Waals surface area (Å²) < 4.78 is 25.2. The Balaban J connectivity index is 0. The summed E-state index contributed by atoms with van der Waals surface area (Å²) in [5, 5.41) is -0.588. The highest BCUT2D eigenvalue weighted by atomic mass is 35.5. The summed E-state index contributed by atoms with van der Waals surface area (Å²) in [6, 6.07) is 0. The highest BCUT2D eigenvalue weighted by molar-refractivity contribution is 7.92. The fourth-order valence-corrected chi connectivity index (χ4v) is 4.82. The first-order chi connectivity index (χ1) is 10.1. The number of carbonyl (C=O) groups excluding carboxylic acids is 2. The van der Waals surface area contributed by atoms with Gasteiger partial charge in [0.1, 0.15) is 0 Å². The lowest BCUT2D eigenvalue weighted by Crippen LogP contribution is -2.64. The van der Waals surface area contributed by atoms with E-state index in [9.17, 15) is 18.0 Å². The molecule has 6 nitrogen and oxygen atoms in total. The number of amides is 1. The van der Waals surface area contributed by atoms with Crippen molar-refractivity contribution in [3.63, 3.8) is 0 Å². The number of carbonyl (C=O) groups is 2. The van der Waals surface area contributed by atoms with Gasteiger partial charge in [0.2, 0.25) is 5.91 Å². The smallest absolute Gasteiger partial charge is 0.246 e. The number of rotatable bonds is 11. The van der Waals surface area contributed by atoms with Crippen LogP contribution in [0.4, 0.5) is 0 Å². The van der Waals surface area contributed by atoms with Gasteiger partial charge in [-0.1, -0.05) is 40.5 Å². The maximum atomic E-state index is 12.6. The zero-order valence-electron chi connectivity index (χ0n) is 14.5. The monoisotopic (exact) mass is 370 g/mol. The maximum Gasteiger partial charge on any atom is 0.246 e. The second-order valence-corrected chi connectivity index (χ2v) is 8.30. The Bertz CT molecular complexity index is 490. The molecule has 0 bridgehead atoms. The van der Waals surface area contributed by atoms with E-state index in [1.54, 1.807) is 13.8 Å². The summed E-state index contributed by atoms with van der Waals surface area (Å²) in [6.45, 7) is 7.18. The Morgan fingerprint density at radius 3 is 1.83 bits per heavy atom. The van der Waals surface area contributed by atoms with Crippen molar-refractivity contribution in [2.75, 3.05) is 5.75 Å². The molecule has 0 rings (SSSR count). The highest BCUT2D eigenvalue weighted by Gasteiger charge is 2.46. The molecule has 0 aromatic carbocycles. The van der Waals surface area contributed by atoms with Gasteiger partial charge in [0, 0.05) is 5.92 Å². The maximum absolute atomic E-state index is 12.6. The van der Waals surface area contributed by atoms with E-state index in [4.69, 9.17) is 11.5 Å². The Labute approximate surface area is 146 Å². The van der Waals surface area contributed by atoms with Gasteiger partial charge in [-0.2, -0.15) is 0 Å². The van der Waals surface area contributed by atoms with Crippen LogP contribution in [0.25, 0.3) is 0 Å². The standard InChI is InChI=1S/C15H30N2O4S.ClH/c1-5-8-12(9-6-2)22(20,21)10-15(17,14(16)19)13(18)11(4)7-3;/h11-12H,5-10,17H2,1-4H3,(H2,16,19);1H/t11?,15-;/m0./s1. The van der Waals surface area contributed by atoms with Crippen molar-refractivity contribution in [1.29, 1.82) is 0 Å². The normalized spacial score (nSPS) is 15.6. The van der Waals surface area contributed by atoms with Crippen LogP contribution < -0.4 is 11.5 Å². The Morgan fingerprint density at radius 1 is 1.09 bits per heavy atom. The van der Waals surface area contributed by atoms with E-state index in [0.717, 1.165) is 0 Å². The molecular formula is C15H31ClN2O4S. The zero-order valence-corrected chi connectivity index (χ0v) is 16.1. The van der Waals surface area contributed by atoms with E-state index in [1.807, 2.05) is 13.8 Å². The summed E-state index contributed by atoms with van der Waals surface area (Å²) in [5.41, 5.74) is 9.00. The topological polar surface area (TPSA) is 120 Å². The molecule has 1 amide bonds. The fourth-order valence-electron chi connectivity index (χ4n) is 2.47. The van der Waals surface area contributed by atoms with Crippen LogP contribution in [0.5, 0.6) is 0 Å². The van der Waals surface area contributed by atoms with E-state index in [1.165, 1.54) is 0 Å². The van der Waals surface area contributed by atoms with E-state index >= 15 is 0 Å². The lowest BCUT2D eigenvalue weighted by molar-refractivity contribution is -0.135. The Hall–Kier alpha value is -0.660. The number of Topliss-reactive ketones (excluding diaryl/α,β-unsaturated/α-hetero) is 1. The first-order valence-corrected chi connectivity index (χ1v) is 9.62. The van der Waals surface area contributed by atoms with Crippen molar-refractivity contribution in [2.45, 2.75) is 70.6 Å². The van der Waals surface area contributed by atoms with Gasteiger partial charge >= 0.3 is 0 Å². The predicted molar refractivity (Wildman–Crippen MR) is 95.2 cm³/mol. The van der Waals surface area contributed by atoms with Crippen molar-refractivity contribution in [1.82, 2.24) is 0 Å². The molecule has 4 N–H and O–H groups in total. The summed E-state index contributed by atoms with van der Waals surface area (Å²) in [4.78, 5) is 24.1. The van der Waals surface area contributed by atoms with Crippen molar-refractivity contribution in [2.24, 2.45) is 17.4 Å². The molecule has 0 heterocycles. The molecule has 138 valence electrons. The molecule has 0 spiro atoms. The van der Waals surface area contributed by atoms with E-state index in [-0.39, 0.29) is 12.4 Å². The van der Waals surface area contributed by atoms with Crippen LogP contribution in [0.1, 0.15) is 59.8 Å². The summed E-state index contributed by atoms with van der Waals surface area (Å²) in [5.74, 6) is -2.89. The van der Waals surface area contributed by atoms with Gasteiger partial charge in [0.25, 0.3) is 0 Å². The van der Waals surface area contributed by atoms with Crippen molar-refractivity contribution >= 4 is 33.9 Å². The summed E-state index contributed by atoms with van der Waals surface area (Å²) in [6.07, 6.45) is 2.86. The second kappa shape index (κ2) is 10.3. The third kappa shape index (κ3) is 6.39. The molecule has 0 saturated carbocycles. The van der Waals surface area contributed by atoms with E-state index < -0.39 is 44.0 Å². The van der Waals surface area contributed by atoms with Gasteiger partial charge in [-0.3, -0.25) is 9.59 Å². The van der Waals surface area contributed by atoms with Gasteiger partial charge in [-0.25, -0.2) is 8.42 Å². The van der Waals surface area contributed by atoms with Crippen molar-refractivity contribution in [3.8, 4) is 0 Å². The van der Waals surface area contributed by atoms with Crippen LogP contribution in [0.2, 0.25) is 0 Å². The number of halogens is 1. The third-order valence-corrected chi connectivity index (χ3v) is 6.44. The summed E-state index contributed by atoms with van der Waals surface area (Å²) in [7, 11) is -3.68. The van der Waals surface area contributed by atoms with Gasteiger partial charge in [0.15, 0.2) is 21.2 Å². The zero-order chi connectivity index (χ0) is 17.6. The van der Waals surface area contributed by atoms with Gasteiger partial charge in [-0.15, -0.1) is 12.4 Å². The SMILES string of the molecule is CCCC(CCC)S(=O)(=O)C[C@@](N)(C(N)=O)C(=O)C(C)CC.Cl. The lowest BCUT2D eigenvalue weighted by Gasteiger charge is -2.29. The molecule has 1 unspecified atom stereocenters. The van der Waals surface area contributed by atoms with Crippen LogP contribution in [0.3, 0.4) is 0 Å². The Morgan fingerprint density at radius 2 is 1.52 bits per heavy atom. The first-order valence-electron chi connectivity index (χ1n) is 7.91.